The number of fused-ring (bicyclic) bond motifs is 1. The molecule has 2 heterocycles. The highest BCUT2D eigenvalue weighted by Crippen LogP contribution is 2.41. The molecule has 2 fully saturated rings. The summed E-state index contributed by atoms with van der Waals surface area (Å²) in [6.45, 7) is 1.97. The highest BCUT2D eigenvalue weighted by molar-refractivity contribution is 7.91. The fourth-order valence-corrected chi connectivity index (χ4v) is 5.74. The van der Waals surface area contributed by atoms with Gasteiger partial charge in [-0.1, -0.05) is 29.8 Å². The van der Waals surface area contributed by atoms with Crippen molar-refractivity contribution in [2.45, 2.75) is 19.0 Å². The number of anilines is 2. The first-order valence-electron chi connectivity index (χ1n) is 8.44. The van der Waals surface area contributed by atoms with Crippen LogP contribution in [0.3, 0.4) is 0 Å². The van der Waals surface area contributed by atoms with Crippen molar-refractivity contribution in [1.82, 2.24) is 0 Å². The van der Waals surface area contributed by atoms with Gasteiger partial charge in [-0.05, 0) is 31.2 Å². The van der Waals surface area contributed by atoms with E-state index in [0.717, 1.165) is 5.56 Å². The molecule has 4 rings (SSSR count). The molecule has 0 N–H and O–H groups in total. The van der Waals surface area contributed by atoms with Gasteiger partial charge in [0.1, 0.15) is 5.75 Å². The van der Waals surface area contributed by atoms with Crippen LogP contribution in [0.1, 0.15) is 5.56 Å². The number of aryl methyl sites for hydroxylation is 1. The van der Waals surface area contributed by atoms with Crippen LogP contribution in [0.5, 0.6) is 5.75 Å². The zero-order chi connectivity index (χ0) is 18.5. The summed E-state index contributed by atoms with van der Waals surface area (Å²) in [5, 5.41) is 0. The molecule has 0 spiro atoms. The zero-order valence-corrected chi connectivity index (χ0v) is 15.4. The number of nitrogens with zero attached hydrogens (tertiary/aromatic N) is 2. The second kappa shape index (κ2) is 6.02. The highest BCUT2D eigenvalue weighted by Gasteiger charge is 2.54. The lowest BCUT2D eigenvalue weighted by molar-refractivity contribution is 0.255. The molecule has 2 aliphatic rings. The fourth-order valence-electron chi connectivity index (χ4n) is 3.82. The predicted octanol–water partition coefficient (Wildman–Crippen LogP) is 2.62. The Morgan fingerprint density at radius 3 is 2.23 bits per heavy atom. The van der Waals surface area contributed by atoms with Gasteiger partial charge in [-0.25, -0.2) is 13.2 Å². The number of amides is 2. The molecule has 2 aromatic rings. The van der Waals surface area contributed by atoms with Gasteiger partial charge in [0.15, 0.2) is 9.84 Å². The Labute approximate surface area is 152 Å². The molecule has 0 radical (unpaired) electrons. The number of hydrogen-bond donors (Lipinski definition) is 0. The second-order valence-corrected chi connectivity index (χ2v) is 8.90. The van der Waals surface area contributed by atoms with Crippen molar-refractivity contribution in [3.63, 3.8) is 0 Å². The molecule has 2 atom stereocenters. The summed E-state index contributed by atoms with van der Waals surface area (Å²) in [6, 6.07) is 13.7. The van der Waals surface area contributed by atoms with Crippen LogP contribution in [0.4, 0.5) is 16.2 Å². The lowest BCUT2D eigenvalue weighted by atomic mass is 10.1. The first-order chi connectivity index (χ1) is 12.4. The summed E-state index contributed by atoms with van der Waals surface area (Å²) >= 11 is 0. The first-order valence-corrected chi connectivity index (χ1v) is 10.3. The molecular formula is C19H20N2O4S. The Balaban J connectivity index is 1.83. The van der Waals surface area contributed by atoms with Crippen molar-refractivity contribution < 1.29 is 17.9 Å². The smallest absolute Gasteiger partial charge is 0.329 e. The quantitative estimate of drug-likeness (QED) is 0.777. The van der Waals surface area contributed by atoms with E-state index in [1.807, 2.05) is 43.3 Å². The van der Waals surface area contributed by atoms with Crippen LogP contribution in [0, 0.1) is 6.92 Å². The zero-order valence-electron chi connectivity index (χ0n) is 14.6. The molecule has 0 aromatic heterocycles. The van der Waals surface area contributed by atoms with E-state index in [9.17, 15) is 13.2 Å². The van der Waals surface area contributed by atoms with Gasteiger partial charge in [0.2, 0.25) is 0 Å². The topological polar surface area (TPSA) is 66.9 Å². The number of para-hydroxylation sites is 2. The lowest BCUT2D eigenvalue weighted by Gasteiger charge is -2.24. The van der Waals surface area contributed by atoms with E-state index in [0.29, 0.717) is 17.1 Å². The van der Waals surface area contributed by atoms with E-state index in [1.165, 1.54) is 0 Å². The predicted molar refractivity (Wildman–Crippen MR) is 101 cm³/mol. The van der Waals surface area contributed by atoms with E-state index < -0.39 is 21.9 Å². The first kappa shape index (κ1) is 16.9. The largest absolute Gasteiger partial charge is 0.495 e. The summed E-state index contributed by atoms with van der Waals surface area (Å²) in [5.74, 6) is 0.488. The molecule has 0 unspecified atom stereocenters. The van der Waals surface area contributed by atoms with E-state index in [4.69, 9.17) is 4.74 Å². The third-order valence-electron chi connectivity index (χ3n) is 5.03. The number of sulfone groups is 1. The summed E-state index contributed by atoms with van der Waals surface area (Å²) < 4.78 is 30.0. The standard InChI is InChI=1S/C19H20N2O4S/c1-13-7-9-14(10-8-13)20-16-11-26(23,24)12-17(16)21(19(20)22)15-5-3-4-6-18(15)25-2/h3-10,16-17H,11-12H2,1-2H3/t16-,17+/m1/s1. The summed E-state index contributed by atoms with van der Waals surface area (Å²) in [4.78, 5) is 16.5. The molecule has 26 heavy (non-hydrogen) atoms. The van der Waals surface area contributed by atoms with Crippen LogP contribution >= 0.6 is 0 Å². The van der Waals surface area contributed by atoms with Crippen LogP contribution in [-0.4, -0.2) is 45.1 Å². The third-order valence-corrected chi connectivity index (χ3v) is 6.72. The second-order valence-electron chi connectivity index (χ2n) is 6.74. The number of ether oxygens (including phenoxy) is 1. The van der Waals surface area contributed by atoms with Crippen LogP contribution in [0.15, 0.2) is 48.5 Å². The number of rotatable bonds is 3. The third kappa shape index (κ3) is 2.63. The van der Waals surface area contributed by atoms with E-state index in [1.54, 1.807) is 29.0 Å². The molecular weight excluding hydrogens is 352 g/mol. The Hall–Kier alpha value is -2.54. The molecule has 0 saturated carbocycles. The van der Waals surface area contributed by atoms with Crippen LogP contribution in [0.2, 0.25) is 0 Å². The van der Waals surface area contributed by atoms with Gasteiger partial charge in [-0.2, -0.15) is 0 Å². The Kier molecular flexibility index (Phi) is 3.91. The van der Waals surface area contributed by atoms with Crippen molar-refractivity contribution in [3.05, 3.63) is 54.1 Å². The Morgan fingerprint density at radius 2 is 1.58 bits per heavy atom. The SMILES string of the molecule is COc1ccccc1N1C(=O)N(c2ccc(C)cc2)[C@@H]2CS(=O)(=O)C[C@@H]21. The number of carbonyl (C=O) groups is 1. The number of methoxy groups -OCH3 is 1. The lowest BCUT2D eigenvalue weighted by Crippen LogP contribution is -2.38. The van der Waals surface area contributed by atoms with Gasteiger partial charge in [-0.15, -0.1) is 0 Å². The summed E-state index contributed by atoms with van der Waals surface area (Å²) in [5.41, 5.74) is 2.39. The number of urea groups is 1. The maximum Gasteiger partial charge on any atom is 0.329 e. The van der Waals surface area contributed by atoms with Crippen molar-refractivity contribution in [1.29, 1.82) is 0 Å². The van der Waals surface area contributed by atoms with Gasteiger partial charge in [-0.3, -0.25) is 9.80 Å². The summed E-state index contributed by atoms with van der Waals surface area (Å²) in [6.07, 6.45) is 0. The maximum absolute atomic E-state index is 13.3. The molecule has 2 aliphatic heterocycles. The average molecular weight is 372 g/mol. The Bertz CT molecular complexity index is 956. The molecule has 2 amide bonds. The molecule has 0 bridgehead atoms. The van der Waals surface area contributed by atoms with Gasteiger partial charge in [0.25, 0.3) is 0 Å². The minimum atomic E-state index is -3.21. The van der Waals surface area contributed by atoms with Crippen molar-refractivity contribution in [2.75, 3.05) is 28.4 Å². The molecule has 6 nitrogen and oxygen atoms in total. The van der Waals surface area contributed by atoms with E-state index >= 15 is 0 Å². The minimum absolute atomic E-state index is 0.0249. The highest BCUT2D eigenvalue weighted by atomic mass is 32.2. The van der Waals surface area contributed by atoms with E-state index in [2.05, 4.69) is 0 Å². The molecule has 2 aromatic carbocycles. The normalized spacial score (nSPS) is 24.0. The minimum Gasteiger partial charge on any atom is -0.495 e. The number of benzene rings is 2. The van der Waals surface area contributed by atoms with Gasteiger partial charge in [0.05, 0.1) is 36.4 Å². The van der Waals surface area contributed by atoms with Crippen LogP contribution in [-0.2, 0) is 9.84 Å². The number of hydrogen-bond acceptors (Lipinski definition) is 4. The van der Waals surface area contributed by atoms with E-state index in [-0.39, 0.29) is 17.5 Å². The Morgan fingerprint density at radius 1 is 0.962 bits per heavy atom. The summed E-state index contributed by atoms with van der Waals surface area (Å²) in [7, 11) is -1.67. The van der Waals surface area contributed by atoms with Crippen molar-refractivity contribution >= 4 is 27.2 Å². The van der Waals surface area contributed by atoms with Crippen LogP contribution < -0.4 is 14.5 Å². The molecule has 7 heteroatoms. The van der Waals surface area contributed by atoms with Gasteiger partial charge in [0, 0.05) is 5.69 Å². The molecule has 2 saturated heterocycles. The van der Waals surface area contributed by atoms with Gasteiger partial charge < -0.3 is 4.74 Å². The monoisotopic (exact) mass is 372 g/mol. The molecule has 136 valence electrons. The average Bonchev–Trinajstić information content (AvgIpc) is 3.04. The van der Waals surface area contributed by atoms with Gasteiger partial charge >= 0.3 is 6.03 Å². The van der Waals surface area contributed by atoms with Crippen molar-refractivity contribution in [2.24, 2.45) is 0 Å². The maximum atomic E-state index is 13.3. The van der Waals surface area contributed by atoms with Crippen LogP contribution in [0.25, 0.3) is 0 Å². The number of carbonyl (C=O) groups excluding carboxylic acids is 1. The van der Waals surface area contributed by atoms with Crippen molar-refractivity contribution in [3.8, 4) is 5.75 Å². The molecule has 0 aliphatic carbocycles. The fraction of sp³-hybridized carbons (Fsp3) is 0.316.